The summed E-state index contributed by atoms with van der Waals surface area (Å²) >= 11 is 0. The van der Waals surface area contributed by atoms with Crippen LogP contribution < -0.4 is 10.1 Å². The summed E-state index contributed by atoms with van der Waals surface area (Å²) in [5, 5.41) is 12.6. The molecule has 0 spiro atoms. The van der Waals surface area contributed by atoms with Crippen LogP contribution in [-0.4, -0.2) is 29.7 Å². The van der Waals surface area contributed by atoms with Crippen LogP contribution in [0.1, 0.15) is 31.2 Å². The molecule has 1 saturated carbocycles. The third kappa shape index (κ3) is 3.93. The number of aromatic nitrogens is 1. The molecule has 0 aliphatic heterocycles. The molecule has 0 amide bonds. The summed E-state index contributed by atoms with van der Waals surface area (Å²) in [7, 11) is 1.59. The highest BCUT2D eigenvalue weighted by Crippen LogP contribution is 2.29. The summed E-state index contributed by atoms with van der Waals surface area (Å²) in [6.07, 6.45) is 5.77. The lowest BCUT2D eigenvalue weighted by atomic mass is 9.79. The summed E-state index contributed by atoms with van der Waals surface area (Å²) in [5.74, 6) is 0.00675. The number of carbonyl (C=O) groups is 1. The Labute approximate surface area is 119 Å². The van der Waals surface area contributed by atoms with E-state index in [0.717, 1.165) is 37.8 Å². The first-order chi connectivity index (χ1) is 9.70. The lowest BCUT2D eigenvalue weighted by Gasteiger charge is -2.28. The van der Waals surface area contributed by atoms with Crippen molar-refractivity contribution in [3.05, 3.63) is 23.9 Å². The Balaban J connectivity index is 1.80. The van der Waals surface area contributed by atoms with Gasteiger partial charge in [0.2, 0.25) is 5.88 Å². The molecule has 5 nitrogen and oxygen atoms in total. The molecule has 20 heavy (non-hydrogen) atoms. The topological polar surface area (TPSA) is 71.5 Å². The molecule has 0 aromatic carbocycles. The van der Waals surface area contributed by atoms with E-state index in [-0.39, 0.29) is 11.8 Å². The molecule has 0 bridgehead atoms. The van der Waals surface area contributed by atoms with Gasteiger partial charge in [0, 0.05) is 18.8 Å². The van der Waals surface area contributed by atoms with Gasteiger partial charge in [-0.05, 0) is 30.9 Å². The highest BCUT2D eigenvalue weighted by Gasteiger charge is 2.30. The second-order valence-corrected chi connectivity index (χ2v) is 5.33. The van der Waals surface area contributed by atoms with Gasteiger partial charge in [-0.15, -0.1) is 0 Å². The average Bonchev–Trinajstić information content (AvgIpc) is 2.48. The summed E-state index contributed by atoms with van der Waals surface area (Å²) in [6, 6.07) is 3.80. The minimum atomic E-state index is -0.650. The molecule has 1 aromatic heterocycles. The molecule has 110 valence electrons. The first kappa shape index (κ1) is 14.8. The number of nitrogens with one attached hydrogen (secondary N) is 1. The molecule has 5 heteroatoms. The second kappa shape index (κ2) is 7.24. The van der Waals surface area contributed by atoms with Crippen LogP contribution in [0.5, 0.6) is 5.88 Å². The first-order valence-electron chi connectivity index (χ1n) is 7.13. The molecule has 1 heterocycles. The summed E-state index contributed by atoms with van der Waals surface area (Å²) < 4.78 is 5.01. The van der Waals surface area contributed by atoms with Gasteiger partial charge >= 0.3 is 5.97 Å². The molecule has 0 radical (unpaired) electrons. The van der Waals surface area contributed by atoms with E-state index in [4.69, 9.17) is 4.74 Å². The van der Waals surface area contributed by atoms with Crippen molar-refractivity contribution in [2.24, 2.45) is 11.8 Å². The number of methoxy groups -OCH3 is 1. The lowest BCUT2D eigenvalue weighted by molar-refractivity contribution is -0.144. The van der Waals surface area contributed by atoms with E-state index in [0.29, 0.717) is 12.4 Å². The van der Waals surface area contributed by atoms with Crippen molar-refractivity contribution in [2.75, 3.05) is 13.7 Å². The number of carboxylic acid groups (broad SMARTS) is 1. The number of carboxylic acids is 1. The fraction of sp³-hybridized carbons (Fsp3) is 0.600. The van der Waals surface area contributed by atoms with Crippen LogP contribution >= 0.6 is 0 Å². The quantitative estimate of drug-likeness (QED) is 0.833. The van der Waals surface area contributed by atoms with Crippen LogP contribution in [-0.2, 0) is 11.3 Å². The zero-order valence-electron chi connectivity index (χ0n) is 11.8. The molecule has 2 rings (SSSR count). The molecule has 2 atom stereocenters. The molecule has 1 aromatic rings. The fourth-order valence-corrected chi connectivity index (χ4v) is 2.82. The summed E-state index contributed by atoms with van der Waals surface area (Å²) in [5.41, 5.74) is 1.08. The van der Waals surface area contributed by atoms with Gasteiger partial charge < -0.3 is 15.2 Å². The van der Waals surface area contributed by atoms with Gasteiger partial charge in [0.1, 0.15) is 0 Å². The van der Waals surface area contributed by atoms with Gasteiger partial charge in [-0.25, -0.2) is 4.98 Å². The van der Waals surface area contributed by atoms with Crippen molar-refractivity contribution in [2.45, 2.75) is 32.2 Å². The van der Waals surface area contributed by atoms with Crippen molar-refractivity contribution >= 4 is 5.97 Å². The van der Waals surface area contributed by atoms with Crippen LogP contribution in [0.15, 0.2) is 18.3 Å². The third-order valence-electron chi connectivity index (χ3n) is 3.97. The fourth-order valence-electron chi connectivity index (χ4n) is 2.82. The lowest BCUT2D eigenvalue weighted by Crippen LogP contribution is -2.34. The van der Waals surface area contributed by atoms with E-state index in [2.05, 4.69) is 10.3 Å². The van der Waals surface area contributed by atoms with Gasteiger partial charge in [0.15, 0.2) is 0 Å². The van der Waals surface area contributed by atoms with Crippen LogP contribution in [0.3, 0.4) is 0 Å². The van der Waals surface area contributed by atoms with Crippen LogP contribution in [0.4, 0.5) is 0 Å². The number of pyridine rings is 1. The Morgan fingerprint density at radius 1 is 1.45 bits per heavy atom. The molecule has 2 N–H and O–H groups in total. The van der Waals surface area contributed by atoms with Crippen LogP contribution in [0.25, 0.3) is 0 Å². The van der Waals surface area contributed by atoms with E-state index in [1.165, 1.54) is 0 Å². The molecule has 0 saturated heterocycles. The van der Waals surface area contributed by atoms with E-state index in [1.807, 2.05) is 12.1 Å². The number of hydrogen-bond acceptors (Lipinski definition) is 4. The normalized spacial score (nSPS) is 22.4. The van der Waals surface area contributed by atoms with Gasteiger partial charge in [-0.3, -0.25) is 4.79 Å². The van der Waals surface area contributed by atoms with Crippen LogP contribution in [0.2, 0.25) is 0 Å². The molecular formula is C15H22N2O3. The second-order valence-electron chi connectivity index (χ2n) is 5.33. The Kier molecular flexibility index (Phi) is 5.35. The van der Waals surface area contributed by atoms with Crippen LogP contribution in [0, 0.1) is 11.8 Å². The Hall–Kier alpha value is -1.62. The molecule has 1 fully saturated rings. The van der Waals surface area contributed by atoms with Crippen molar-refractivity contribution < 1.29 is 14.6 Å². The van der Waals surface area contributed by atoms with Gasteiger partial charge in [0.25, 0.3) is 0 Å². The summed E-state index contributed by atoms with van der Waals surface area (Å²) in [6.45, 7) is 1.46. The van der Waals surface area contributed by atoms with Gasteiger partial charge in [-0.2, -0.15) is 0 Å². The average molecular weight is 278 g/mol. The maximum Gasteiger partial charge on any atom is 0.306 e. The first-order valence-corrected chi connectivity index (χ1v) is 7.13. The number of rotatable bonds is 6. The van der Waals surface area contributed by atoms with E-state index in [1.54, 1.807) is 13.3 Å². The van der Waals surface area contributed by atoms with Gasteiger partial charge in [-0.1, -0.05) is 18.9 Å². The van der Waals surface area contributed by atoms with E-state index < -0.39 is 5.97 Å². The van der Waals surface area contributed by atoms with Crippen molar-refractivity contribution in [1.82, 2.24) is 10.3 Å². The maximum atomic E-state index is 11.2. The van der Waals surface area contributed by atoms with Crippen molar-refractivity contribution in [1.29, 1.82) is 0 Å². The zero-order valence-corrected chi connectivity index (χ0v) is 11.8. The highest BCUT2D eigenvalue weighted by atomic mass is 16.5. The zero-order chi connectivity index (χ0) is 14.4. The van der Waals surface area contributed by atoms with Gasteiger partial charge in [0.05, 0.1) is 13.0 Å². The van der Waals surface area contributed by atoms with Crippen molar-refractivity contribution in [3.8, 4) is 5.88 Å². The highest BCUT2D eigenvalue weighted by molar-refractivity contribution is 5.70. The Morgan fingerprint density at radius 3 is 2.90 bits per heavy atom. The molecular weight excluding hydrogens is 256 g/mol. The number of aliphatic carboxylic acids is 1. The minimum Gasteiger partial charge on any atom is -0.481 e. The minimum absolute atomic E-state index is 0.190. The monoisotopic (exact) mass is 278 g/mol. The standard InChI is InChI=1S/C15H22N2O3/c1-20-14-7-6-11(9-17-14)8-16-10-12-4-2-3-5-13(12)15(18)19/h6-7,9,12-13,16H,2-5,8,10H2,1H3,(H,18,19). The van der Waals surface area contributed by atoms with E-state index in [9.17, 15) is 9.90 Å². The predicted octanol–water partition coefficient (Wildman–Crippen LogP) is 2.07. The number of hydrogen-bond donors (Lipinski definition) is 2. The maximum absolute atomic E-state index is 11.2. The van der Waals surface area contributed by atoms with E-state index >= 15 is 0 Å². The summed E-state index contributed by atoms with van der Waals surface area (Å²) in [4.78, 5) is 15.4. The Morgan fingerprint density at radius 2 is 2.25 bits per heavy atom. The third-order valence-corrected chi connectivity index (χ3v) is 3.97. The largest absolute Gasteiger partial charge is 0.481 e. The Bertz CT molecular complexity index is 433. The van der Waals surface area contributed by atoms with Crippen molar-refractivity contribution in [3.63, 3.8) is 0 Å². The molecule has 1 aliphatic carbocycles. The molecule has 2 unspecified atom stereocenters. The smallest absolute Gasteiger partial charge is 0.306 e. The number of ether oxygens (including phenoxy) is 1. The SMILES string of the molecule is COc1ccc(CNCC2CCCCC2C(=O)O)cn1. The predicted molar refractivity (Wildman–Crippen MR) is 75.6 cm³/mol. The molecule has 1 aliphatic rings. The number of nitrogens with zero attached hydrogens (tertiary/aromatic N) is 1.